The van der Waals surface area contributed by atoms with Crippen LogP contribution in [0.5, 0.6) is 5.75 Å². The molecular formula is C37H38Cl3N3O5S. The lowest BCUT2D eigenvalue weighted by Gasteiger charge is -2.35. The van der Waals surface area contributed by atoms with E-state index in [9.17, 15) is 18.0 Å². The Balaban J connectivity index is 1.59. The average Bonchev–Trinajstić information content (AvgIpc) is 3.10. The predicted octanol–water partition coefficient (Wildman–Crippen LogP) is 7.94. The number of carbonyl (C=O) groups is 2. The van der Waals surface area contributed by atoms with Crippen molar-refractivity contribution in [3.63, 3.8) is 0 Å². The Labute approximate surface area is 303 Å². The van der Waals surface area contributed by atoms with Crippen molar-refractivity contribution >= 4 is 62.3 Å². The SMILES string of the molecule is COc1ccc(N(CC(=O)N(Cc2ccc(Cl)cc2Cl)[C@@H](Cc2ccccc2)C(=O)NC2CCCCC2)S(=O)(=O)c2ccccc2)cc1Cl. The fraction of sp³-hybridized carbons (Fsp3) is 0.297. The van der Waals surface area contributed by atoms with Crippen molar-refractivity contribution in [2.75, 3.05) is 18.0 Å². The molecule has 5 rings (SSSR count). The topological polar surface area (TPSA) is 96.0 Å². The number of nitrogens with one attached hydrogen (secondary N) is 1. The van der Waals surface area contributed by atoms with Crippen LogP contribution >= 0.6 is 34.8 Å². The van der Waals surface area contributed by atoms with E-state index in [2.05, 4.69) is 5.32 Å². The highest BCUT2D eigenvalue weighted by Crippen LogP contribution is 2.33. The highest BCUT2D eigenvalue weighted by Gasteiger charge is 2.36. The van der Waals surface area contributed by atoms with Crippen molar-refractivity contribution in [3.05, 3.63) is 123 Å². The molecule has 1 aliphatic carbocycles. The second-order valence-corrected chi connectivity index (χ2v) is 15.1. The number of benzene rings is 4. The van der Waals surface area contributed by atoms with Crippen molar-refractivity contribution < 1.29 is 22.7 Å². The largest absolute Gasteiger partial charge is 0.495 e. The third-order valence-electron chi connectivity index (χ3n) is 8.61. The van der Waals surface area contributed by atoms with E-state index in [1.54, 1.807) is 36.4 Å². The van der Waals surface area contributed by atoms with E-state index < -0.39 is 28.5 Å². The fourth-order valence-corrected chi connectivity index (χ4v) is 8.14. The predicted molar refractivity (Wildman–Crippen MR) is 195 cm³/mol. The number of nitrogens with zero attached hydrogens (tertiary/aromatic N) is 2. The van der Waals surface area contributed by atoms with Gasteiger partial charge in [-0.3, -0.25) is 13.9 Å². The van der Waals surface area contributed by atoms with E-state index >= 15 is 0 Å². The molecule has 8 nitrogen and oxygen atoms in total. The molecule has 0 spiro atoms. The summed E-state index contributed by atoms with van der Waals surface area (Å²) in [7, 11) is -2.84. The van der Waals surface area contributed by atoms with Crippen LogP contribution in [0.1, 0.15) is 43.2 Å². The summed E-state index contributed by atoms with van der Waals surface area (Å²) in [6, 6.07) is 25.6. The zero-order chi connectivity index (χ0) is 35.0. The molecule has 0 bridgehead atoms. The number of carbonyl (C=O) groups excluding carboxylic acids is 2. The van der Waals surface area contributed by atoms with E-state index in [-0.39, 0.29) is 40.5 Å². The number of hydrogen-bond donors (Lipinski definition) is 1. The van der Waals surface area contributed by atoms with Gasteiger partial charge in [-0.15, -0.1) is 0 Å². The van der Waals surface area contributed by atoms with Crippen LogP contribution in [0.25, 0.3) is 0 Å². The normalized spacial score (nSPS) is 14.1. The summed E-state index contributed by atoms with van der Waals surface area (Å²) in [5.41, 5.74) is 1.54. The van der Waals surface area contributed by atoms with Gasteiger partial charge in [0.2, 0.25) is 11.8 Å². The number of anilines is 1. The summed E-state index contributed by atoms with van der Waals surface area (Å²) in [6.45, 7) is -0.708. The molecule has 0 aromatic heterocycles. The lowest BCUT2D eigenvalue weighted by Crippen LogP contribution is -2.55. The Morgan fingerprint density at radius 2 is 1.53 bits per heavy atom. The Morgan fingerprint density at radius 1 is 0.857 bits per heavy atom. The highest BCUT2D eigenvalue weighted by molar-refractivity contribution is 7.92. The van der Waals surface area contributed by atoms with Gasteiger partial charge in [-0.1, -0.05) is 109 Å². The molecule has 1 fully saturated rings. The first kappa shape index (κ1) is 36.5. The number of sulfonamides is 1. The lowest BCUT2D eigenvalue weighted by molar-refractivity contribution is -0.140. The summed E-state index contributed by atoms with van der Waals surface area (Å²) < 4.78 is 34.8. The van der Waals surface area contributed by atoms with Gasteiger partial charge in [0, 0.05) is 29.1 Å². The number of ether oxygens (including phenoxy) is 1. The van der Waals surface area contributed by atoms with Gasteiger partial charge >= 0.3 is 0 Å². The maximum atomic E-state index is 14.7. The van der Waals surface area contributed by atoms with E-state index in [1.165, 1.54) is 42.3 Å². The van der Waals surface area contributed by atoms with E-state index in [0.717, 1.165) is 42.0 Å². The standard InChI is InChI=1S/C37H38Cl3N3O5S/c1-48-35-20-19-30(23-33(35)40)43(49(46,47)31-15-9-4-10-16-31)25-36(44)42(24-27-17-18-28(38)22-32(27)39)34(21-26-11-5-2-6-12-26)37(45)41-29-13-7-3-8-14-29/h2,4-6,9-12,15-20,22-23,29,34H,3,7-8,13-14,21,24-25H2,1H3,(H,41,45)/t34-/m0/s1. The van der Waals surface area contributed by atoms with Gasteiger partial charge in [-0.05, 0) is 66.4 Å². The van der Waals surface area contributed by atoms with Crippen LogP contribution in [0, 0.1) is 0 Å². The van der Waals surface area contributed by atoms with Crippen molar-refractivity contribution in [1.29, 1.82) is 0 Å². The van der Waals surface area contributed by atoms with Crippen molar-refractivity contribution in [2.45, 2.75) is 62.0 Å². The molecule has 1 saturated carbocycles. The molecule has 4 aromatic rings. The zero-order valence-corrected chi connectivity index (χ0v) is 30.1. The van der Waals surface area contributed by atoms with Crippen LogP contribution in [-0.4, -0.2) is 50.9 Å². The molecule has 1 N–H and O–H groups in total. The summed E-state index contributed by atoms with van der Waals surface area (Å²) in [5, 5.41) is 4.09. The Hall–Kier alpha value is -3.76. The average molecular weight is 743 g/mol. The van der Waals surface area contributed by atoms with E-state index in [0.29, 0.717) is 21.4 Å². The van der Waals surface area contributed by atoms with Gasteiger partial charge < -0.3 is 15.0 Å². The molecule has 0 aliphatic heterocycles. The molecule has 1 aliphatic rings. The third-order valence-corrected chi connectivity index (χ3v) is 11.3. The molecule has 0 radical (unpaired) electrons. The molecule has 4 aromatic carbocycles. The minimum atomic E-state index is -4.29. The van der Waals surface area contributed by atoms with Crippen molar-refractivity contribution in [1.82, 2.24) is 10.2 Å². The Kier molecular flexibility index (Phi) is 12.5. The summed E-state index contributed by atoms with van der Waals surface area (Å²) in [6.07, 6.45) is 5.02. The first-order chi connectivity index (χ1) is 23.6. The highest BCUT2D eigenvalue weighted by atomic mass is 35.5. The number of amides is 2. The molecule has 0 heterocycles. The van der Waals surface area contributed by atoms with Gasteiger partial charge in [-0.2, -0.15) is 0 Å². The zero-order valence-electron chi connectivity index (χ0n) is 27.0. The van der Waals surface area contributed by atoms with Crippen LogP contribution in [0.15, 0.2) is 102 Å². The van der Waals surface area contributed by atoms with Crippen LogP contribution in [0.2, 0.25) is 15.1 Å². The van der Waals surface area contributed by atoms with Gasteiger partial charge in [0.05, 0.1) is 22.7 Å². The number of halogens is 3. The van der Waals surface area contributed by atoms with Crippen LogP contribution in [0.3, 0.4) is 0 Å². The first-order valence-electron chi connectivity index (χ1n) is 16.1. The molecule has 0 unspecified atom stereocenters. The summed E-state index contributed by atoms with van der Waals surface area (Å²) >= 11 is 19.3. The van der Waals surface area contributed by atoms with Crippen LogP contribution < -0.4 is 14.4 Å². The van der Waals surface area contributed by atoms with E-state index in [1.807, 2.05) is 30.3 Å². The number of hydrogen-bond acceptors (Lipinski definition) is 5. The summed E-state index contributed by atoms with van der Waals surface area (Å²) in [5.74, 6) is -0.591. The Bertz CT molecular complexity index is 1860. The van der Waals surface area contributed by atoms with Gasteiger partial charge in [-0.25, -0.2) is 8.42 Å². The molecule has 12 heteroatoms. The van der Waals surface area contributed by atoms with Gasteiger partial charge in [0.25, 0.3) is 10.0 Å². The second-order valence-electron chi connectivity index (χ2n) is 11.9. The molecular weight excluding hydrogens is 705 g/mol. The minimum absolute atomic E-state index is 0.0158. The maximum absolute atomic E-state index is 14.7. The first-order valence-corrected chi connectivity index (χ1v) is 18.6. The fourth-order valence-electron chi connectivity index (χ4n) is 5.99. The molecule has 1 atom stereocenters. The maximum Gasteiger partial charge on any atom is 0.264 e. The Morgan fingerprint density at radius 3 is 2.16 bits per heavy atom. The lowest BCUT2D eigenvalue weighted by atomic mass is 9.94. The van der Waals surface area contributed by atoms with Gasteiger partial charge in [0.1, 0.15) is 18.3 Å². The van der Waals surface area contributed by atoms with Crippen LogP contribution in [-0.2, 0) is 32.6 Å². The monoisotopic (exact) mass is 741 g/mol. The molecule has 0 saturated heterocycles. The number of rotatable bonds is 13. The number of methoxy groups -OCH3 is 1. The quantitative estimate of drug-likeness (QED) is 0.150. The minimum Gasteiger partial charge on any atom is -0.495 e. The molecule has 49 heavy (non-hydrogen) atoms. The molecule has 2 amide bonds. The summed E-state index contributed by atoms with van der Waals surface area (Å²) in [4.78, 5) is 30.4. The molecule has 258 valence electrons. The van der Waals surface area contributed by atoms with Gasteiger partial charge in [0.15, 0.2) is 0 Å². The van der Waals surface area contributed by atoms with Crippen LogP contribution in [0.4, 0.5) is 5.69 Å². The van der Waals surface area contributed by atoms with E-state index in [4.69, 9.17) is 39.5 Å². The van der Waals surface area contributed by atoms with Crippen molar-refractivity contribution in [2.24, 2.45) is 0 Å². The smallest absolute Gasteiger partial charge is 0.264 e. The second kappa shape index (κ2) is 16.8. The third kappa shape index (κ3) is 9.28. The van der Waals surface area contributed by atoms with Crippen molar-refractivity contribution in [3.8, 4) is 5.75 Å².